The van der Waals surface area contributed by atoms with Gasteiger partial charge in [-0.1, -0.05) is 68.9 Å². The predicted molar refractivity (Wildman–Crippen MR) is 168 cm³/mol. The van der Waals surface area contributed by atoms with Gasteiger partial charge in [0.2, 0.25) is 11.8 Å². The van der Waals surface area contributed by atoms with Crippen LogP contribution in [-0.2, 0) is 19.1 Å². The lowest BCUT2D eigenvalue weighted by atomic mass is 10.00. The molecule has 4 amide bonds. The fraction of sp³-hybridized carbons (Fsp3) is 0.515. The van der Waals surface area contributed by atoms with Gasteiger partial charge in [-0.3, -0.25) is 14.4 Å². The number of hydrogen-bond acceptors (Lipinski definition) is 6. The highest BCUT2D eigenvalue weighted by molar-refractivity contribution is 5.99. The number of methoxy groups -OCH3 is 1. The van der Waals surface area contributed by atoms with Gasteiger partial charge in [0.25, 0.3) is 5.91 Å². The number of unbranched alkanes of at least 4 members (excludes halogenated alkanes) is 5. The summed E-state index contributed by atoms with van der Waals surface area (Å²) in [5.41, 5.74) is 6.78. The first-order valence-corrected chi connectivity index (χ1v) is 14.9. The second-order valence-electron chi connectivity index (χ2n) is 11.7. The summed E-state index contributed by atoms with van der Waals surface area (Å²) in [6.45, 7) is 9.39. The molecule has 10 nitrogen and oxygen atoms in total. The molecule has 0 saturated heterocycles. The monoisotopic (exact) mass is 596 g/mol. The number of hydrogen-bond donors (Lipinski definition) is 3. The minimum absolute atomic E-state index is 0.227. The van der Waals surface area contributed by atoms with Crippen LogP contribution < -0.4 is 21.1 Å². The van der Waals surface area contributed by atoms with Crippen molar-refractivity contribution in [1.82, 2.24) is 10.2 Å². The van der Waals surface area contributed by atoms with Crippen LogP contribution in [0.4, 0.5) is 10.5 Å². The van der Waals surface area contributed by atoms with Crippen molar-refractivity contribution in [3.8, 4) is 5.75 Å². The Hall–Kier alpha value is -4.08. The van der Waals surface area contributed by atoms with Crippen LogP contribution >= 0.6 is 0 Å². The summed E-state index contributed by atoms with van der Waals surface area (Å²) < 4.78 is 10.6. The summed E-state index contributed by atoms with van der Waals surface area (Å²) in [6, 6.07) is 11.8. The zero-order valence-corrected chi connectivity index (χ0v) is 26.4. The maximum Gasteiger partial charge on any atom is 0.408 e. The number of nitrogens with two attached hydrogens (primary N) is 1. The van der Waals surface area contributed by atoms with Crippen molar-refractivity contribution >= 4 is 29.5 Å². The summed E-state index contributed by atoms with van der Waals surface area (Å²) in [7, 11) is 1.56. The molecule has 2 aromatic carbocycles. The number of benzene rings is 2. The molecule has 2 aromatic rings. The van der Waals surface area contributed by atoms with Crippen molar-refractivity contribution in [2.45, 2.75) is 97.2 Å². The summed E-state index contributed by atoms with van der Waals surface area (Å²) in [5.74, 6) is -1.18. The van der Waals surface area contributed by atoms with E-state index in [1.54, 1.807) is 64.3 Å². The Morgan fingerprint density at radius 3 is 2.07 bits per heavy atom. The van der Waals surface area contributed by atoms with Gasteiger partial charge >= 0.3 is 6.09 Å². The molecule has 2 atom stereocenters. The van der Waals surface area contributed by atoms with Crippen LogP contribution in [0.15, 0.2) is 48.5 Å². The van der Waals surface area contributed by atoms with E-state index in [4.69, 9.17) is 15.2 Å². The zero-order valence-electron chi connectivity index (χ0n) is 26.4. The van der Waals surface area contributed by atoms with Gasteiger partial charge in [-0.2, -0.15) is 0 Å². The van der Waals surface area contributed by atoms with Gasteiger partial charge < -0.3 is 30.7 Å². The Morgan fingerprint density at radius 1 is 0.907 bits per heavy atom. The van der Waals surface area contributed by atoms with Gasteiger partial charge in [0.05, 0.1) is 13.5 Å². The first kappa shape index (κ1) is 35.1. The van der Waals surface area contributed by atoms with Gasteiger partial charge in [-0.25, -0.2) is 4.79 Å². The maximum atomic E-state index is 14.2. The number of ether oxygens (including phenoxy) is 2. The van der Waals surface area contributed by atoms with Crippen molar-refractivity contribution in [3.63, 3.8) is 0 Å². The molecule has 0 aliphatic carbocycles. The van der Waals surface area contributed by atoms with Gasteiger partial charge in [0.1, 0.15) is 23.4 Å². The summed E-state index contributed by atoms with van der Waals surface area (Å²) in [6.07, 6.45) is 4.47. The molecule has 4 N–H and O–H groups in total. The SMILES string of the molecule is CCCCCCCCN(C(=O)C(CC(N)=O)NC(=O)OC(C)(C)C)C(C(=O)Nc1ccc(OC)cc1)c1ccc(C)cc1. The van der Waals surface area contributed by atoms with E-state index < -0.39 is 47.9 Å². The van der Waals surface area contributed by atoms with E-state index in [0.29, 0.717) is 23.4 Å². The minimum Gasteiger partial charge on any atom is -0.497 e. The third kappa shape index (κ3) is 12.4. The molecular formula is C33H48N4O6. The highest BCUT2D eigenvalue weighted by Gasteiger charge is 2.37. The zero-order chi connectivity index (χ0) is 32.0. The molecule has 2 rings (SSSR count). The first-order chi connectivity index (χ1) is 20.3. The van der Waals surface area contributed by atoms with E-state index in [1.807, 2.05) is 19.1 Å². The number of nitrogens with zero attached hydrogens (tertiary/aromatic N) is 1. The van der Waals surface area contributed by atoms with Gasteiger partial charge in [-0.05, 0) is 63.9 Å². The third-order valence-electron chi connectivity index (χ3n) is 6.74. The molecule has 43 heavy (non-hydrogen) atoms. The van der Waals surface area contributed by atoms with Crippen LogP contribution in [0.3, 0.4) is 0 Å². The normalized spacial score (nSPS) is 12.5. The van der Waals surface area contributed by atoms with Crippen LogP contribution in [0.25, 0.3) is 0 Å². The smallest absolute Gasteiger partial charge is 0.408 e. The molecule has 0 aliphatic rings. The van der Waals surface area contributed by atoms with Gasteiger partial charge in [-0.15, -0.1) is 0 Å². The van der Waals surface area contributed by atoms with Crippen molar-refractivity contribution < 1.29 is 28.7 Å². The van der Waals surface area contributed by atoms with Crippen LogP contribution in [-0.4, -0.2) is 54.0 Å². The quantitative estimate of drug-likeness (QED) is 0.214. The van der Waals surface area contributed by atoms with Crippen molar-refractivity contribution in [2.75, 3.05) is 19.0 Å². The van der Waals surface area contributed by atoms with Crippen LogP contribution in [0.1, 0.15) is 89.8 Å². The number of amides is 4. The van der Waals surface area contributed by atoms with Crippen LogP contribution in [0, 0.1) is 6.92 Å². The van der Waals surface area contributed by atoms with Crippen molar-refractivity contribution in [3.05, 3.63) is 59.7 Å². The number of aryl methyl sites for hydroxylation is 1. The number of nitrogens with one attached hydrogen (secondary N) is 2. The van der Waals surface area contributed by atoms with E-state index in [1.165, 1.54) is 4.90 Å². The highest BCUT2D eigenvalue weighted by Crippen LogP contribution is 2.27. The molecule has 0 aromatic heterocycles. The number of rotatable bonds is 16. The predicted octanol–water partition coefficient (Wildman–Crippen LogP) is 5.64. The lowest BCUT2D eigenvalue weighted by molar-refractivity contribution is -0.142. The standard InChI is InChI=1S/C33H48N4O6/c1-7-8-9-10-11-12-21-37(31(40)27(22-28(34)38)36-32(41)43-33(3,4)5)29(24-15-13-23(2)14-16-24)30(39)35-25-17-19-26(42-6)20-18-25/h13-20,27,29H,7-12,21-22H2,1-6H3,(H2,34,38)(H,35,39)(H,36,41). The second kappa shape index (κ2) is 17.1. The molecule has 0 aliphatic heterocycles. The van der Waals surface area contributed by atoms with E-state index >= 15 is 0 Å². The Labute approximate surface area is 255 Å². The van der Waals surface area contributed by atoms with E-state index in [-0.39, 0.29) is 6.54 Å². The summed E-state index contributed by atoms with van der Waals surface area (Å²) in [4.78, 5) is 54.4. The molecule has 0 radical (unpaired) electrons. The molecule has 2 unspecified atom stereocenters. The Bertz CT molecular complexity index is 1190. The number of carbonyl (C=O) groups excluding carboxylic acids is 4. The number of carbonyl (C=O) groups is 4. The number of alkyl carbamates (subject to hydrolysis) is 1. The topological polar surface area (TPSA) is 140 Å². The second-order valence-corrected chi connectivity index (χ2v) is 11.7. The highest BCUT2D eigenvalue weighted by atomic mass is 16.6. The largest absolute Gasteiger partial charge is 0.497 e. The minimum atomic E-state index is -1.32. The maximum absolute atomic E-state index is 14.2. The summed E-state index contributed by atoms with van der Waals surface area (Å²) >= 11 is 0. The molecule has 236 valence electrons. The lowest BCUT2D eigenvalue weighted by Crippen LogP contribution is -2.53. The molecule has 0 heterocycles. The first-order valence-electron chi connectivity index (χ1n) is 14.9. The molecule has 0 bridgehead atoms. The number of anilines is 1. The van der Waals surface area contributed by atoms with Crippen molar-refractivity contribution in [1.29, 1.82) is 0 Å². The third-order valence-corrected chi connectivity index (χ3v) is 6.74. The van der Waals surface area contributed by atoms with E-state index in [2.05, 4.69) is 17.6 Å². The van der Waals surface area contributed by atoms with Gasteiger partial charge in [0.15, 0.2) is 0 Å². The van der Waals surface area contributed by atoms with E-state index in [9.17, 15) is 19.2 Å². The van der Waals surface area contributed by atoms with E-state index in [0.717, 1.165) is 37.7 Å². The molecular weight excluding hydrogens is 548 g/mol. The average Bonchev–Trinajstić information content (AvgIpc) is 2.93. The van der Waals surface area contributed by atoms with Crippen LogP contribution in [0.2, 0.25) is 0 Å². The lowest BCUT2D eigenvalue weighted by Gasteiger charge is -2.34. The molecule has 0 spiro atoms. The Kier molecular flexibility index (Phi) is 14.0. The summed E-state index contributed by atoms with van der Waals surface area (Å²) in [5, 5.41) is 5.44. The Morgan fingerprint density at radius 2 is 1.51 bits per heavy atom. The van der Waals surface area contributed by atoms with Crippen LogP contribution in [0.5, 0.6) is 5.75 Å². The Balaban J connectivity index is 2.50. The fourth-order valence-electron chi connectivity index (χ4n) is 4.59. The molecule has 0 fully saturated rings. The average molecular weight is 597 g/mol. The molecule has 0 saturated carbocycles. The van der Waals surface area contributed by atoms with Gasteiger partial charge in [0, 0.05) is 12.2 Å². The molecule has 10 heteroatoms. The van der Waals surface area contributed by atoms with Crippen molar-refractivity contribution in [2.24, 2.45) is 5.73 Å². The number of primary amides is 1. The fourth-order valence-corrected chi connectivity index (χ4v) is 4.59.